The highest BCUT2D eigenvalue weighted by atomic mass is 32.2. The first-order valence-corrected chi connectivity index (χ1v) is 5.34. The van der Waals surface area contributed by atoms with Crippen LogP contribution in [-0.4, -0.2) is 25.5 Å². The number of para-hydroxylation sites is 1. The molecule has 1 aromatic rings. The molecule has 0 aliphatic carbocycles. The molecule has 0 spiro atoms. The Balaban J connectivity index is 2.90. The van der Waals surface area contributed by atoms with Crippen molar-refractivity contribution in [3.05, 3.63) is 39.9 Å². The Morgan fingerprint density at radius 3 is 2.62 bits per heavy atom. The number of benzene rings is 1. The van der Waals surface area contributed by atoms with Crippen LogP contribution in [0.25, 0.3) is 0 Å². The fourth-order valence-corrected chi connectivity index (χ4v) is 1.29. The molecular weight excluding hydrogens is 236 g/mol. The number of carbonyl (C=O) groups excluding carboxylic acids is 1. The van der Waals surface area contributed by atoms with Gasteiger partial charge in [0.15, 0.2) is 0 Å². The van der Waals surface area contributed by atoms with E-state index in [9.17, 15) is 23.7 Å². The lowest BCUT2D eigenvalue weighted by Crippen LogP contribution is -2.27. The third kappa shape index (κ3) is 3.11. The van der Waals surface area contributed by atoms with Crippen molar-refractivity contribution >= 4 is 22.7 Å². The Kier molecular flexibility index (Phi) is 4.09. The molecule has 1 amide bonds. The third-order valence-corrected chi connectivity index (χ3v) is 2.08. The number of nitrogens with one attached hydrogen (secondary N) is 1. The molecule has 0 aliphatic heterocycles. The standard InChI is InChI=1S/C8H8N2O5S/c11-8(9-5-16(14)15)6-3-1-2-4-7(6)10(12)13/h1-4H,5H2,(H,9,11)(H,14,15)/p-1. The van der Waals surface area contributed by atoms with Gasteiger partial charge in [0.05, 0.1) is 10.8 Å². The van der Waals surface area contributed by atoms with Crippen LogP contribution in [0.2, 0.25) is 0 Å². The quantitative estimate of drug-likeness (QED) is 0.460. The normalized spacial score (nSPS) is 11.8. The van der Waals surface area contributed by atoms with Crippen molar-refractivity contribution in [3.63, 3.8) is 0 Å². The zero-order chi connectivity index (χ0) is 12.1. The van der Waals surface area contributed by atoms with Crippen molar-refractivity contribution in [2.45, 2.75) is 0 Å². The van der Waals surface area contributed by atoms with E-state index in [1.165, 1.54) is 24.3 Å². The highest BCUT2D eigenvalue weighted by Gasteiger charge is 2.18. The molecule has 1 N–H and O–H groups in total. The number of hydrogen-bond acceptors (Lipinski definition) is 5. The second-order valence-electron chi connectivity index (χ2n) is 2.73. The molecule has 86 valence electrons. The highest BCUT2D eigenvalue weighted by Crippen LogP contribution is 2.16. The van der Waals surface area contributed by atoms with Gasteiger partial charge < -0.3 is 9.87 Å². The molecule has 0 bridgehead atoms. The molecule has 0 aliphatic rings. The van der Waals surface area contributed by atoms with Crippen LogP contribution in [0, 0.1) is 10.1 Å². The predicted octanol–water partition coefficient (Wildman–Crippen LogP) is 0.161. The number of nitro benzene ring substituents is 1. The second-order valence-corrected chi connectivity index (χ2v) is 3.62. The van der Waals surface area contributed by atoms with Gasteiger partial charge in [-0.2, -0.15) is 0 Å². The summed E-state index contributed by atoms with van der Waals surface area (Å²) in [7, 11) is 0. The Hall–Kier alpha value is -1.80. The van der Waals surface area contributed by atoms with Crippen molar-refractivity contribution in [2.24, 2.45) is 0 Å². The number of hydrogen-bond donors (Lipinski definition) is 1. The average molecular weight is 243 g/mol. The Labute approximate surface area is 92.9 Å². The summed E-state index contributed by atoms with van der Waals surface area (Å²) in [4.78, 5) is 21.2. The highest BCUT2D eigenvalue weighted by molar-refractivity contribution is 7.79. The van der Waals surface area contributed by atoms with Gasteiger partial charge in [-0.15, -0.1) is 0 Å². The van der Waals surface area contributed by atoms with Gasteiger partial charge in [0.2, 0.25) is 0 Å². The first kappa shape index (κ1) is 12.3. The minimum absolute atomic E-state index is 0.169. The summed E-state index contributed by atoms with van der Waals surface area (Å²) in [5.74, 6) is -1.37. The molecule has 1 aromatic carbocycles. The predicted molar refractivity (Wildman–Crippen MR) is 54.3 cm³/mol. The second kappa shape index (κ2) is 5.33. The van der Waals surface area contributed by atoms with Gasteiger partial charge >= 0.3 is 0 Å². The zero-order valence-electron chi connectivity index (χ0n) is 7.91. The topological polar surface area (TPSA) is 112 Å². The molecule has 8 heteroatoms. The number of amides is 1. The van der Waals surface area contributed by atoms with Gasteiger partial charge in [-0.1, -0.05) is 12.1 Å². The number of nitro groups is 1. The minimum Gasteiger partial charge on any atom is -0.771 e. The van der Waals surface area contributed by atoms with E-state index in [1.807, 2.05) is 5.32 Å². The van der Waals surface area contributed by atoms with Crippen molar-refractivity contribution in [1.82, 2.24) is 5.32 Å². The van der Waals surface area contributed by atoms with Crippen LogP contribution in [-0.2, 0) is 11.1 Å². The SMILES string of the molecule is O=C(NCS(=O)[O-])c1ccccc1[N+](=O)[O-]. The van der Waals surface area contributed by atoms with Gasteiger partial charge in [-0.25, -0.2) is 0 Å². The molecule has 0 saturated carbocycles. The van der Waals surface area contributed by atoms with E-state index >= 15 is 0 Å². The van der Waals surface area contributed by atoms with E-state index in [2.05, 4.69) is 0 Å². The smallest absolute Gasteiger partial charge is 0.282 e. The molecule has 1 unspecified atom stereocenters. The molecule has 7 nitrogen and oxygen atoms in total. The molecule has 0 fully saturated rings. The first-order chi connectivity index (χ1) is 7.52. The fourth-order valence-electron chi connectivity index (χ4n) is 1.04. The van der Waals surface area contributed by atoms with Gasteiger partial charge in [0, 0.05) is 6.07 Å². The van der Waals surface area contributed by atoms with Crippen molar-refractivity contribution in [2.75, 3.05) is 5.88 Å². The van der Waals surface area contributed by atoms with Crippen molar-refractivity contribution in [3.8, 4) is 0 Å². The monoisotopic (exact) mass is 243 g/mol. The maximum Gasteiger partial charge on any atom is 0.282 e. The Morgan fingerprint density at radius 2 is 2.06 bits per heavy atom. The summed E-state index contributed by atoms with van der Waals surface area (Å²) in [5, 5.41) is 12.6. The summed E-state index contributed by atoms with van der Waals surface area (Å²) < 4.78 is 20.4. The summed E-state index contributed by atoms with van der Waals surface area (Å²) in [6.07, 6.45) is 0. The van der Waals surface area contributed by atoms with Crippen LogP contribution in [0.3, 0.4) is 0 Å². The van der Waals surface area contributed by atoms with E-state index in [1.54, 1.807) is 0 Å². The van der Waals surface area contributed by atoms with E-state index in [0.29, 0.717) is 0 Å². The maximum absolute atomic E-state index is 11.4. The summed E-state index contributed by atoms with van der Waals surface area (Å²) >= 11 is -2.43. The molecule has 0 saturated heterocycles. The molecule has 0 heterocycles. The summed E-state index contributed by atoms with van der Waals surface area (Å²) in [6.45, 7) is 0. The Bertz CT molecular complexity index is 448. The molecule has 0 radical (unpaired) electrons. The van der Waals surface area contributed by atoms with E-state index in [4.69, 9.17) is 0 Å². The minimum atomic E-state index is -2.43. The van der Waals surface area contributed by atoms with Crippen LogP contribution >= 0.6 is 0 Å². The third-order valence-electron chi connectivity index (χ3n) is 1.70. The van der Waals surface area contributed by atoms with Gasteiger partial charge in [-0.05, 0) is 17.1 Å². The number of nitrogens with zero attached hydrogens (tertiary/aromatic N) is 1. The molecule has 1 atom stereocenters. The van der Waals surface area contributed by atoms with Crippen LogP contribution in [0.1, 0.15) is 10.4 Å². The van der Waals surface area contributed by atoms with Crippen LogP contribution in [0.15, 0.2) is 24.3 Å². The average Bonchev–Trinajstić information content (AvgIpc) is 2.25. The van der Waals surface area contributed by atoms with Gasteiger partial charge in [-0.3, -0.25) is 19.1 Å². The van der Waals surface area contributed by atoms with Crippen LogP contribution < -0.4 is 5.32 Å². The summed E-state index contributed by atoms with van der Waals surface area (Å²) in [5.41, 5.74) is -0.533. The van der Waals surface area contributed by atoms with Crippen LogP contribution in [0.5, 0.6) is 0 Å². The van der Waals surface area contributed by atoms with Crippen LogP contribution in [0.4, 0.5) is 5.69 Å². The van der Waals surface area contributed by atoms with E-state index < -0.39 is 27.8 Å². The fraction of sp³-hybridized carbons (Fsp3) is 0.125. The largest absolute Gasteiger partial charge is 0.771 e. The number of carbonyl (C=O) groups is 1. The zero-order valence-corrected chi connectivity index (χ0v) is 8.73. The Morgan fingerprint density at radius 1 is 1.44 bits per heavy atom. The van der Waals surface area contributed by atoms with E-state index in [0.717, 1.165) is 0 Å². The van der Waals surface area contributed by atoms with Crippen molar-refractivity contribution in [1.29, 1.82) is 0 Å². The molecular formula is C8H7N2O5S-. The molecule has 16 heavy (non-hydrogen) atoms. The maximum atomic E-state index is 11.4. The van der Waals surface area contributed by atoms with Gasteiger partial charge in [0.1, 0.15) is 5.56 Å². The van der Waals surface area contributed by atoms with Gasteiger partial charge in [0.25, 0.3) is 11.6 Å². The first-order valence-electron chi connectivity index (χ1n) is 4.10. The molecule has 1 rings (SSSR count). The lowest BCUT2D eigenvalue weighted by molar-refractivity contribution is -0.385. The summed E-state index contributed by atoms with van der Waals surface area (Å²) in [6, 6.07) is 5.29. The molecule has 0 aromatic heterocycles. The van der Waals surface area contributed by atoms with Crippen molar-refractivity contribution < 1.29 is 18.5 Å². The lowest BCUT2D eigenvalue weighted by atomic mass is 10.2. The number of rotatable bonds is 4. The van der Waals surface area contributed by atoms with E-state index in [-0.39, 0.29) is 11.3 Å². The lowest BCUT2D eigenvalue weighted by Gasteiger charge is -2.07.